The quantitative estimate of drug-likeness (QED) is 0.724. The summed E-state index contributed by atoms with van der Waals surface area (Å²) in [5.41, 5.74) is 1.16. The van der Waals surface area contributed by atoms with Gasteiger partial charge in [-0.05, 0) is 23.8 Å². The normalized spacial score (nSPS) is 13.0. The Bertz CT molecular complexity index is 406. The Balaban J connectivity index is 2.38. The molecule has 3 nitrogen and oxygen atoms in total. The van der Waals surface area contributed by atoms with E-state index in [0.717, 1.165) is 12.0 Å². The van der Waals surface area contributed by atoms with Crippen molar-refractivity contribution in [3.05, 3.63) is 35.9 Å². The fourth-order valence-electron chi connectivity index (χ4n) is 1.84. The molecular weight excluding hydrogens is 270 g/mol. The summed E-state index contributed by atoms with van der Waals surface area (Å²) >= 11 is 4.40. The first-order valence-electron chi connectivity index (χ1n) is 6.93. The van der Waals surface area contributed by atoms with E-state index in [1.807, 2.05) is 30.3 Å². The second kappa shape index (κ2) is 8.32. The molecule has 0 fully saturated rings. The average Bonchev–Trinajstić information content (AvgIpc) is 2.44. The lowest BCUT2D eigenvalue weighted by Gasteiger charge is -2.25. The molecule has 0 bridgehead atoms. The third-order valence-electron chi connectivity index (χ3n) is 3.30. The highest BCUT2D eigenvalue weighted by atomic mass is 32.1. The zero-order valence-electron chi connectivity index (χ0n) is 12.6. The number of methoxy groups -OCH3 is 1. The first-order chi connectivity index (χ1) is 9.44. The number of nitrogens with one attached hydrogen (secondary N) is 1. The van der Waals surface area contributed by atoms with Crippen LogP contribution in [0.5, 0.6) is 0 Å². The smallest absolute Gasteiger partial charge is 0.233 e. The summed E-state index contributed by atoms with van der Waals surface area (Å²) in [5, 5.41) is 2.67. The number of ether oxygens (including phenoxy) is 1. The highest BCUT2D eigenvalue weighted by molar-refractivity contribution is 7.81. The molecule has 0 saturated carbocycles. The first-order valence-corrected chi connectivity index (χ1v) is 7.45. The highest BCUT2D eigenvalue weighted by Gasteiger charge is 2.21. The van der Waals surface area contributed by atoms with Crippen LogP contribution in [0.1, 0.15) is 25.8 Å². The van der Waals surface area contributed by atoms with Crippen LogP contribution in [0.3, 0.4) is 0 Å². The van der Waals surface area contributed by atoms with Crippen molar-refractivity contribution in [3.63, 3.8) is 0 Å². The molecule has 0 aliphatic heterocycles. The molecule has 0 aliphatic carbocycles. The van der Waals surface area contributed by atoms with Crippen LogP contribution < -0.4 is 5.32 Å². The summed E-state index contributed by atoms with van der Waals surface area (Å²) in [7, 11) is 1.69. The summed E-state index contributed by atoms with van der Waals surface area (Å²) in [5.74, 6) is -0.0114. The minimum absolute atomic E-state index is 0.0114. The van der Waals surface area contributed by atoms with Crippen LogP contribution in [0.25, 0.3) is 0 Å². The third-order valence-corrected chi connectivity index (χ3v) is 3.72. The van der Waals surface area contributed by atoms with Crippen molar-refractivity contribution in [1.82, 2.24) is 5.32 Å². The number of thiol groups is 1. The van der Waals surface area contributed by atoms with Gasteiger partial charge in [0.15, 0.2) is 0 Å². The van der Waals surface area contributed by atoms with Gasteiger partial charge in [0, 0.05) is 20.3 Å². The van der Waals surface area contributed by atoms with Crippen molar-refractivity contribution < 1.29 is 9.53 Å². The highest BCUT2D eigenvalue weighted by Crippen LogP contribution is 2.19. The first kappa shape index (κ1) is 17.1. The number of carbonyl (C=O) groups excluding carboxylic acids is 1. The van der Waals surface area contributed by atoms with Crippen molar-refractivity contribution in [1.29, 1.82) is 0 Å². The van der Waals surface area contributed by atoms with Gasteiger partial charge in [-0.1, -0.05) is 44.2 Å². The predicted molar refractivity (Wildman–Crippen MR) is 86.2 cm³/mol. The second-order valence-corrected chi connectivity index (χ2v) is 6.45. The van der Waals surface area contributed by atoms with E-state index in [2.05, 4.69) is 31.8 Å². The van der Waals surface area contributed by atoms with Crippen LogP contribution in [-0.2, 0) is 16.0 Å². The van der Waals surface area contributed by atoms with Crippen LogP contribution in [0, 0.1) is 5.41 Å². The Kier molecular flexibility index (Phi) is 7.10. The van der Waals surface area contributed by atoms with Gasteiger partial charge < -0.3 is 10.1 Å². The standard InChI is InChI=1S/C16H25NO2S/c1-16(2,9-10-19-3)12-17-15(18)14(20)11-13-7-5-4-6-8-13/h4-8,14,20H,9-12H2,1-3H3,(H,17,18). The fraction of sp³-hybridized carbons (Fsp3) is 0.562. The monoisotopic (exact) mass is 295 g/mol. The summed E-state index contributed by atoms with van der Waals surface area (Å²) in [6, 6.07) is 9.94. The molecule has 1 aromatic carbocycles. The summed E-state index contributed by atoms with van der Waals surface area (Å²) < 4.78 is 5.08. The molecule has 1 N–H and O–H groups in total. The molecule has 0 spiro atoms. The number of rotatable bonds is 8. The maximum Gasteiger partial charge on any atom is 0.233 e. The van der Waals surface area contributed by atoms with E-state index < -0.39 is 0 Å². The Morgan fingerprint density at radius 1 is 1.35 bits per heavy atom. The predicted octanol–water partition coefficient (Wildman–Crippen LogP) is 2.71. The zero-order chi connectivity index (χ0) is 15.0. The van der Waals surface area contributed by atoms with Crippen molar-refractivity contribution >= 4 is 18.5 Å². The van der Waals surface area contributed by atoms with Gasteiger partial charge in [-0.2, -0.15) is 12.6 Å². The van der Waals surface area contributed by atoms with E-state index in [1.165, 1.54) is 0 Å². The molecule has 0 saturated heterocycles. The van der Waals surface area contributed by atoms with Gasteiger partial charge in [0.1, 0.15) is 0 Å². The molecule has 1 atom stereocenters. The second-order valence-electron chi connectivity index (χ2n) is 5.83. The minimum Gasteiger partial charge on any atom is -0.385 e. The lowest BCUT2D eigenvalue weighted by Crippen LogP contribution is -2.39. The summed E-state index contributed by atoms with van der Waals surface area (Å²) in [6.45, 7) is 5.59. The summed E-state index contributed by atoms with van der Waals surface area (Å²) in [6.07, 6.45) is 1.56. The van der Waals surface area contributed by atoms with Crippen LogP contribution in [0.4, 0.5) is 0 Å². The van der Waals surface area contributed by atoms with Crippen molar-refractivity contribution in [2.75, 3.05) is 20.3 Å². The van der Waals surface area contributed by atoms with Gasteiger partial charge in [0.05, 0.1) is 5.25 Å². The molecule has 0 radical (unpaired) electrons. The maximum absolute atomic E-state index is 12.0. The van der Waals surface area contributed by atoms with Crippen molar-refractivity contribution in [3.8, 4) is 0 Å². The third kappa shape index (κ3) is 6.44. The zero-order valence-corrected chi connectivity index (χ0v) is 13.5. The van der Waals surface area contributed by atoms with Crippen LogP contribution >= 0.6 is 12.6 Å². The molecule has 1 unspecified atom stereocenters. The molecule has 112 valence electrons. The lowest BCUT2D eigenvalue weighted by molar-refractivity contribution is -0.121. The number of hydrogen-bond donors (Lipinski definition) is 2. The largest absolute Gasteiger partial charge is 0.385 e. The van der Waals surface area contributed by atoms with E-state index in [1.54, 1.807) is 7.11 Å². The number of carbonyl (C=O) groups is 1. The number of amides is 1. The van der Waals surface area contributed by atoms with Crippen LogP contribution in [0.15, 0.2) is 30.3 Å². The molecule has 20 heavy (non-hydrogen) atoms. The van der Waals surface area contributed by atoms with E-state index in [9.17, 15) is 4.79 Å². The van der Waals surface area contributed by atoms with E-state index in [-0.39, 0.29) is 16.6 Å². The lowest BCUT2D eigenvalue weighted by atomic mass is 9.89. The maximum atomic E-state index is 12.0. The Morgan fingerprint density at radius 3 is 2.60 bits per heavy atom. The van der Waals surface area contributed by atoms with E-state index in [4.69, 9.17) is 4.74 Å². The van der Waals surface area contributed by atoms with E-state index >= 15 is 0 Å². The summed E-state index contributed by atoms with van der Waals surface area (Å²) in [4.78, 5) is 12.0. The van der Waals surface area contributed by atoms with Gasteiger partial charge in [0.25, 0.3) is 0 Å². The van der Waals surface area contributed by atoms with Gasteiger partial charge in [-0.15, -0.1) is 0 Å². The molecule has 0 heterocycles. The molecule has 0 aromatic heterocycles. The van der Waals surface area contributed by atoms with Gasteiger partial charge in [-0.25, -0.2) is 0 Å². The Hall–Kier alpha value is -1.00. The number of hydrogen-bond acceptors (Lipinski definition) is 3. The van der Waals surface area contributed by atoms with Crippen molar-refractivity contribution in [2.45, 2.75) is 31.9 Å². The SMILES string of the molecule is COCCC(C)(C)CNC(=O)C(S)Cc1ccccc1. The van der Waals surface area contributed by atoms with Crippen molar-refractivity contribution in [2.24, 2.45) is 5.41 Å². The van der Waals surface area contributed by atoms with Gasteiger partial charge in [-0.3, -0.25) is 4.79 Å². The van der Waals surface area contributed by atoms with Crippen LogP contribution in [0.2, 0.25) is 0 Å². The number of benzene rings is 1. The fourth-order valence-corrected chi connectivity index (χ4v) is 2.14. The Morgan fingerprint density at radius 2 is 2.00 bits per heavy atom. The minimum atomic E-state index is -0.310. The molecule has 1 amide bonds. The van der Waals surface area contributed by atoms with Gasteiger partial charge in [0.2, 0.25) is 5.91 Å². The average molecular weight is 295 g/mol. The Labute approximate surface area is 127 Å². The van der Waals surface area contributed by atoms with Gasteiger partial charge >= 0.3 is 0 Å². The molecule has 0 aliphatic rings. The molecule has 4 heteroatoms. The van der Waals surface area contributed by atoms with E-state index in [0.29, 0.717) is 19.6 Å². The topological polar surface area (TPSA) is 38.3 Å². The molecule has 1 rings (SSSR count). The molecule has 1 aromatic rings. The van der Waals surface area contributed by atoms with Crippen LogP contribution in [-0.4, -0.2) is 31.4 Å². The molecular formula is C16H25NO2S.